The number of aromatic nitrogens is 2. The zero-order chi connectivity index (χ0) is 12.9. The van der Waals surface area contributed by atoms with E-state index in [-0.39, 0.29) is 18.3 Å². The van der Waals surface area contributed by atoms with Crippen molar-refractivity contribution < 1.29 is 9.66 Å². The molecule has 0 amide bonds. The second-order valence-corrected chi connectivity index (χ2v) is 3.84. The SMILES string of the molecule is CCC(N)(CC)COc1ncc([N+](=O)[O-])cn1. The molecule has 94 valence electrons. The van der Waals surface area contributed by atoms with Gasteiger partial charge in [0, 0.05) is 5.54 Å². The summed E-state index contributed by atoms with van der Waals surface area (Å²) in [7, 11) is 0. The minimum atomic E-state index is -0.560. The lowest BCUT2D eigenvalue weighted by atomic mass is 9.96. The van der Waals surface area contributed by atoms with E-state index >= 15 is 0 Å². The predicted octanol–water partition coefficient (Wildman–Crippen LogP) is 1.28. The number of nitrogens with two attached hydrogens (primary N) is 1. The van der Waals surface area contributed by atoms with Crippen LogP contribution in [0, 0.1) is 10.1 Å². The van der Waals surface area contributed by atoms with Crippen molar-refractivity contribution >= 4 is 5.69 Å². The molecule has 0 fully saturated rings. The molecule has 17 heavy (non-hydrogen) atoms. The minimum Gasteiger partial charge on any atom is -0.462 e. The number of ether oxygens (including phenoxy) is 1. The maximum atomic E-state index is 10.4. The van der Waals surface area contributed by atoms with Crippen molar-refractivity contribution in [2.45, 2.75) is 32.2 Å². The fourth-order valence-electron chi connectivity index (χ4n) is 1.14. The molecule has 1 aromatic rings. The van der Waals surface area contributed by atoms with Gasteiger partial charge in [-0.25, -0.2) is 0 Å². The van der Waals surface area contributed by atoms with Gasteiger partial charge in [0.25, 0.3) is 0 Å². The van der Waals surface area contributed by atoms with Gasteiger partial charge in [0.2, 0.25) is 0 Å². The molecule has 1 rings (SSSR count). The third kappa shape index (κ3) is 3.63. The van der Waals surface area contributed by atoms with Crippen LogP contribution in [0.15, 0.2) is 12.4 Å². The molecule has 2 N–H and O–H groups in total. The van der Waals surface area contributed by atoms with Crippen LogP contribution in [0.3, 0.4) is 0 Å². The first-order chi connectivity index (χ1) is 8.00. The highest BCUT2D eigenvalue weighted by molar-refractivity contribution is 5.21. The lowest BCUT2D eigenvalue weighted by Crippen LogP contribution is -2.44. The Morgan fingerprint density at radius 3 is 2.35 bits per heavy atom. The van der Waals surface area contributed by atoms with E-state index in [9.17, 15) is 10.1 Å². The van der Waals surface area contributed by atoms with E-state index in [1.807, 2.05) is 13.8 Å². The largest absolute Gasteiger partial charge is 0.462 e. The van der Waals surface area contributed by atoms with Crippen molar-refractivity contribution in [1.29, 1.82) is 0 Å². The molecule has 0 radical (unpaired) electrons. The smallest absolute Gasteiger partial charge is 0.316 e. The Bertz CT molecular complexity index is 376. The Balaban J connectivity index is 2.61. The second kappa shape index (κ2) is 5.53. The van der Waals surface area contributed by atoms with E-state index < -0.39 is 10.5 Å². The van der Waals surface area contributed by atoms with Gasteiger partial charge in [0.15, 0.2) is 0 Å². The van der Waals surface area contributed by atoms with Gasteiger partial charge in [-0.2, -0.15) is 9.97 Å². The van der Waals surface area contributed by atoms with Crippen LogP contribution in [0.5, 0.6) is 6.01 Å². The number of nitrogens with zero attached hydrogens (tertiary/aromatic N) is 3. The first-order valence-electron chi connectivity index (χ1n) is 5.39. The summed E-state index contributed by atoms with van der Waals surface area (Å²) < 4.78 is 5.32. The number of hydrogen-bond donors (Lipinski definition) is 1. The van der Waals surface area contributed by atoms with Gasteiger partial charge >= 0.3 is 11.7 Å². The van der Waals surface area contributed by atoms with Crippen molar-refractivity contribution in [3.63, 3.8) is 0 Å². The predicted molar refractivity (Wildman–Crippen MR) is 61.7 cm³/mol. The van der Waals surface area contributed by atoms with Gasteiger partial charge in [0.1, 0.15) is 19.0 Å². The molecular weight excluding hydrogens is 224 g/mol. The molecular formula is C10H16N4O3. The lowest BCUT2D eigenvalue weighted by Gasteiger charge is -2.25. The van der Waals surface area contributed by atoms with Crippen LogP contribution < -0.4 is 10.5 Å². The Hall–Kier alpha value is -1.76. The molecule has 0 aliphatic rings. The first-order valence-corrected chi connectivity index (χ1v) is 5.39. The minimum absolute atomic E-state index is 0.104. The van der Waals surface area contributed by atoms with Crippen molar-refractivity contribution in [2.24, 2.45) is 5.73 Å². The molecule has 0 atom stereocenters. The van der Waals surface area contributed by atoms with Crippen molar-refractivity contribution in [3.05, 3.63) is 22.5 Å². The molecule has 1 heterocycles. The van der Waals surface area contributed by atoms with E-state index in [2.05, 4.69) is 9.97 Å². The van der Waals surface area contributed by atoms with Gasteiger partial charge in [-0.15, -0.1) is 0 Å². The summed E-state index contributed by atoms with van der Waals surface area (Å²) in [6, 6.07) is 0.104. The van der Waals surface area contributed by atoms with Crippen LogP contribution >= 0.6 is 0 Å². The van der Waals surface area contributed by atoms with Crippen LogP contribution in [-0.4, -0.2) is 27.0 Å². The topological polar surface area (TPSA) is 104 Å². The van der Waals surface area contributed by atoms with Crippen molar-refractivity contribution in [1.82, 2.24) is 9.97 Å². The van der Waals surface area contributed by atoms with Gasteiger partial charge < -0.3 is 10.5 Å². The fourth-order valence-corrected chi connectivity index (χ4v) is 1.14. The summed E-state index contributed by atoms with van der Waals surface area (Å²) >= 11 is 0. The highest BCUT2D eigenvalue weighted by atomic mass is 16.6. The van der Waals surface area contributed by atoms with Crippen LogP contribution in [-0.2, 0) is 0 Å². The second-order valence-electron chi connectivity index (χ2n) is 3.84. The quantitative estimate of drug-likeness (QED) is 0.593. The molecule has 0 spiro atoms. The van der Waals surface area contributed by atoms with E-state index in [4.69, 9.17) is 10.5 Å². The van der Waals surface area contributed by atoms with E-state index in [1.54, 1.807) is 0 Å². The Labute approximate surface area is 99.2 Å². The molecule has 0 aliphatic heterocycles. The fraction of sp³-hybridized carbons (Fsp3) is 0.600. The third-order valence-corrected chi connectivity index (χ3v) is 2.72. The first kappa shape index (κ1) is 13.3. The average Bonchev–Trinajstić information content (AvgIpc) is 2.36. The maximum absolute atomic E-state index is 10.4. The van der Waals surface area contributed by atoms with Crippen molar-refractivity contribution in [2.75, 3.05) is 6.61 Å². The Morgan fingerprint density at radius 2 is 1.94 bits per heavy atom. The number of rotatable bonds is 6. The molecule has 7 heteroatoms. The number of nitro groups is 1. The highest BCUT2D eigenvalue weighted by Gasteiger charge is 2.21. The summed E-state index contributed by atoms with van der Waals surface area (Å²) in [5.74, 6) is 0. The monoisotopic (exact) mass is 240 g/mol. The molecule has 0 aromatic carbocycles. The molecule has 0 aliphatic carbocycles. The normalized spacial score (nSPS) is 11.2. The summed E-state index contributed by atoms with van der Waals surface area (Å²) in [4.78, 5) is 17.3. The van der Waals surface area contributed by atoms with E-state index in [1.165, 1.54) is 0 Å². The number of hydrogen-bond acceptors (Lipinski definition) is 6. The van der Waals surface area contributed by atoms with E-state index in [0.717, 1.165) is 25.2 Å². The van der Waals surface area contributed by atoms with Crippen LogP contribution in [0.4, 0.5) is 5.69 Å². The summed E-state index contributed by atoms with van der Waals surface area (Å²) in [5, 5.41) is 10.4. The third-order valence-electron chi connectivity index (χ3n) is 2.72. The Kier molecular flexibility index (Phi) is 4.33. The summed E-state index contributed by atoms with van der Waals surface area (Å²) in [5.41, 5.74) is 5.46. The van der Waals surface area contributed by atoms with Crippen LogP contribution in [0.1, 0.15) is 26.7 Å². The zero-order valence-corrected chi connectivity index (χ0v) is 9.92. The van der Waals surface area contributed by atoms with E-state index in [0.29, 0.717) is 0 Å². The summed E-state index contributed by atoms with van der Waals surface area (Å²) in [6.07, 6.45) is 3.77. The average molecular weight is 240 g/mol. The van der Waals surface area contributed by atoms with Gasteiger partial charge in [-0.3, -0.25) is 10.1 Å². The lowest BCUT2D eigenvalue weighted by molar-refractivity contribution is -0.385. The highest BCUT2D eigenvalue weighted by Crippen LogP contribution is 2.14. The van der Waals surface area contributed by atoms with Gasteiger partial charge in [-0.05, 0) is 12.8 Å². The van der Waals surface area contributed by atoms with Crippen LogP contribution in [0.2, 0.25) is 0 Å². The zero-order valence-electron chi connectivity index (χ0n) is 9.92. The molecule has 0 saturated heterocycles. The molecule has 0 saturated carbocycles. The molecule has 1 aromatic heterocycles. The van der Waals surface area contributed by atoms with Crippen LogP contribution in [0.25, 0.3) is 0 Å². The standard InChI is InChI=1S/C10H16N4O3/c1-3-10(11,4-2)7-17-9-12-5-8(6-13-9)14(15)16/h5-6H,3-4,7,11H2,1-2H3. The van der Waals surface area contributed by atoms with Gasteiger partial charge in [-0.1, -0.05) is 13.8 Å². The molecule has 0 unspecified atom stereocenters. The van der Waals surface area contributed by atoms with Crippen molar-refractivity contribution in [3.8, 4) is 6.01 Å². The summed E-state index contributed by atoms with van der Waals surface area (Å²) in [6.45, 7) is 4.24. The molecule has 0 bridgehead atoms. The maximum Gasteiger partial charge on any atom is 0.316 e. The van der Waals surface area contributed by atoms with Gasteiger partial charge in [0.05, 0.1) is 4.92 Å². The molecule has 7 nitrogen and oxygen atoms in total. The Morgan fingerprint density at radius 1 is 1.41 bits per heavy atom.